The molecule has 0 radical (unpaired) electrons. The van der Waals surface area contributed by atoms with Gasteiger partial charge in [0.1, 0.15) is 0 Å². The second-order valence-corrected chi connectivity index (χ2v) is 4.02. The van der Waals surface area contributed by atoms with Crippen molar-refractivity contribution < 1.29 is 0 Å². The molecule has 3 aromatic heterocycles. The molecule has 4 heterocycles. The van der Waals surface area contributed by atoms with Gasteiger partial charge in [0, 0.05) is 44.3 Å². The zero-order chi connectivity index (χ0) is 12.2. The fourth-order valence-corrected chi connectivity index (χ4v) is 1.91. The summed E-state index contributed by atoms with van der Waals surface area (Å²) in [5.74, 6) is 0. The number of imidazole rings is 2. The van der Waals surface area contributed by atoms with Gasteiger partial charge in [-0.05, 0) is 0 Å². The highest BCUT2D eigenvalue weighted by atomic mass is 15.0. The van der Waals surface area contributed by atoms with Gasteiger partial charge in [-0.25, -0.2) is 9.97 Å². The average Bonchev–Trinajstić information content (AvgIpc) is 3.08. The molecule has 0 bridgehead atoms. The quantitative estimate of drug-likeness (QED) is 0.611. The van der Waals surface area contributed by atoms with Crippen LogP contribution in [-0.4, -0.2) is 30.9 Å². The second-order valence-electron chi connectivity index (χ2n) is 4.02. The van der Waals surface area contributed by atoms with Crippen LogP contribution in [0.25, 0.3) is 5.65 Å². The molecule has 6 heteroatoms. The molecule has 92 valence electrons. The summed E-state index contributed by atoms with van der Waals surface area (Å²) in [5, 5.41) is 3.26. The van der Waals surface area contributed by atoms with Crippen LogP contribution in [0.1, 0.15) is 11.4 Å². The Kier molecular flexibility index (Phi) is 3.01. The lowest BCUT2D eigenvalue weighted by Crippen LogP contribution is -2.23. The fraction of sp³-hybridized carbons (Fsp3) is 0.250. The molecule has 0 fully saturated rings. The van der Waals surface area contributed by atoms with Crippen LogP contribution in [0, 0.1) is 0 Å². The maximum atomic E-state index is 4.16. The standard InChI is InChI=1S/C6H5N3.C6H9N3/c1-3-9-4-2-8-6(9)5-7-1;1-2-7-3-6-5(1)8-4-9-6/h1-5H;4,7H,1-3H2,(H,8,9). The van der Waals surface area contributed by atoms with Gasteiger partial charge in [-0.1, -0.05) is 0 Å². The van der Waals surface area contributed by atoms with Crippen molar-refractivity contribution in [2.75, 3.05) is 6.54 Å². The van der Waals surface area contributed by atoms with E-state index in [1.165, 1.54) is 11.4 Å². The molecule has 0 unspecified atom stereocenters. The van der Waals surface area contributed by atoms with Crippen LogP contribution >= 0.6 is 0 Å². The lowest BCUT2D eigenvalue weighted by molar-refractivity contribution is 0.627. The smallest absolute Gasteiger partial charge is 0.155 e. The highest BCUT2D eigenvalue weighted by Gasteiger charge is 2.08. The van der Waals surface area contributed by atoms with Crippen molar-refractivity contribution in [2.45, 2.75) is 13.0 Å². The van der Waals surface area contributed by atoms with Crippen molar-refractivity contribution in [1.82, 2.24) is 29.7 Å². The number of rotatable bonds is 0. The van der Waals surface area contributed by atoms with Crippen LogP contribution in [0.3, 0.4) is 0 Å². The summed E-state index contributed by atoms with van der Waals surface area (Å²) in [6.07, 6.45) is 11.8. The topological polar surface area (TPSA) is 70.9 Å². The van der Waals surface area contributed by atoms with E-state index in [0.29, 0.717) is 0 Å². The van der Waals surface area contributed by atoms with Gasteiger partial charge >= 0.3 is 0 Å². The number of nitrogens with one attached hydrogen (secondary N) is 2. The van der Waals surface area contributed by atoms with Crippen LogP contribution in [0.5, 0.6) is 0 Å². The van der Waals surface area contributed by atoms with Crippen molar-refractivity contribution in [3.05, 3.63) is 48.7 Å². The SMILES string of the molecule is c1cn2ccnc2cn1.c1nc2c([nH]1)CNCC2. The maximum Gasteiger partial charge on any atom is 0.155 e. The highest BCUT2D eigenvalue weighted by molar-refractivity contribution is 5.33. The average molecular weight is 242 g/mol. The summed E-state index contributed by atoms with van der Waals surface area (Å²) in [5.41, 5.74) is 3.37. The van der Waals surface area contributed by atoms with E-state index in [2.05, 4.69) is 25.3 Å². The van der Waals surface area contributed by atoms with Crippen LogP contribution in [0.15, 0.2) is 37.3 Å². The second kappa shape index (κ2) is 4.97. The van der Waals surface area contributed by atoms with Gasteiger partial charge in [0.15, 0.2) is 5.65 Å². The molecule has 0 amide bonds. The van der Waals surface area contributed by atoms with Crippen molar-refractivity contribution >= 4 is 5.65 Å². The molecule has 6 nitrogen and oxygen atoms in total. The molecule has 1 aliphatic heterocycles. The molecular formula is C12H14N6. The summed E-state index contributed by atoms with van der Waals surface area (Å²) in [7, 11) is 0. The molecule has 0 aromatic carbocycles. The molecule has 3 aromatic rings. The summed E-state index contributed by atoms with van der Waals surface area (Å²) in [6, 6.07) is 0. The molecular weight excluding hydrogens is 228 g/mol. The van der Waals surface area contributed by atoms with Crippen molar-refractivity contribution in [3.63, 3.8) is 0 Å². The number of hydrogen-bond acceptors (Lipinski definition) is 4. The maximum absolute atomic E-state index is 4.16. The third-order valence-corrected chi connectivity index (χ3v) is 2.85. The van der Waals surface area contributed by atoms with E-state index in [1.807, 2.05) is 16.8 Å². The van der Waals surface area contributed by atoms with E-state index >= 15 is 0 Å². The molecule has 0 saturated carbocycles. The van der Waals surface area contributed by atoms with Crippen LogP contribution < -0.4 is 5.32 Å². The first-order valence-corrected chi connectivity index (χ1v) is 5.88. The van der Waals surface area contributed by atoms with Crippen LogP contribution in [0.2, 0.25) is 0 Å². The largest absolute Gasteiger partial charge is 0.347 e. The summed E-state index contributed by atoms with van der Waals surface area (Å²) < 4.78 is 1.91. The van der Waals surface area contributed by atoms with Crippen molar-refractivity contribution in [2.24, 2.45) is 0 Å². The van der Waals surface area contributed by atoms with E-state index in [-0.39, 0.29) is 0 Å². The third-order valence-electron chi connectivity index (χ3n) is 2.85. The van der Waals surface area contributed by atoms with Gasteiger partial charge < -0.3 is 14.7 Å². The van der Waals surface area contributed by atoms with E-state index in [0.717, 1.165) is 25.2 Å². The highest BCUT2D eigenvalue weighted by Crippen LogP contribution is 2.06. The normalized spacial score (nSPS) is 13.8. The minimum Gasteiger partial charge on any atom is -0.347 e. The minimum absolute atomic E-state index is 0.887. The molecule has 2 N–H and O–H groups in total. The molecule has 1 aliphatic rings. The van der Waals surface area contributed by atoms with E-state index in [1.54, 1.807) is 24.9 Å². The minimum atomic E-state index is 0.887. The Labute approximate surface area is 104 Å². The Morgan fingerprint density at radius 3 is 3.00 bits per heavy atom. The first-order chi connectivity index (χ1) is 8.93. The number of hydrogen-bond donors (Lipinski definition) is 2. The first kappa shape index (κ1) is 10.9. The Morgan fingerprint density at radius 1 is 1.17 bits per heavy atom. The molecule has 0 atom stereocenters. The Balaban J connectivity index is 0.000000111. The number of aromatic amines is 1. The lowest BCUT2D eigenvalue weighted by atomic mass is 10.2. The Bertz CT molecular complexity index is 575. The molecule has 0 spiro atoms. The molecule has 4 rings (SSSR count). The van der Waals surface area contributed by atoms with Crippen molar-refractivity contribution in [3.8, 4) is 0 Å². The van der Waals surface area contributed by atoms with Gasteiger partial charge in [-0.3, -0.25) is 4.98 Å². The van der Waals surface area contributed by atoms with E-state index in [4.69, 9.17) is 0 Å². The van der Waals surface area contributed by atoms with E-state index in [9.17, 15) is 0 Å². The Morgan fingerprint density at radius 2 is 2.11 bits per heavy atom. The number of aromatic nitrogens is 5. The molecule has 0 aliphatic carbocycles. The predicted molar refractivity (Wildman–Crippen MR) is 67.0 cm³/mol. The van der Waals surface area contributed by atoms with Crippen LogP contribution in [0.4, 0.5) is 0 Å². The summed E-state index contributed by atoms with van der Waals surface area (Å²) in [6.45, 7) is 2.02. The zero-order valence-electron chi connectivity index (χ0n) is 9.87. The van der Waals surface area contributed by atoms with Gasteiger partial charge in [0.05, 0.1) is 23.9 Å². The van der Waals surface area contributed by atoms with Gasteiger partial charge in [-0.2, -0.15) is 0 Å². The van der Waals surface area contributed by atoms with Crippen molar-refractivity contribution in [1.29, 1.82) is 0 Å². The first-order valence-electron chi connectivity index (χ1n) is 5.88. The molecule has 0 saturated heterocycles. The third kappa shape index (κ3) is 2.23. The lowest BCUT2D eigenvalue weighted by Gasteiger charge is -2.09. The van der Waals surface area contributed by atoms with E-state index < -0.39 is 0 Å². The summed E-state index contributed by atoms with van der Waals surface area (Å²) in [4.78, 5) is 15.2. The predicted octanol–water partition coefficient (Wildman–Crippen LogP) is 0.785. The van der Waals surface area contributed by atoms with Gasteiger partial charge in [0.2, 0.25) is 0 Å². The summed E-state index contributed by atoms with van der Waals surface area (Å²) >= 11 is 0. The number of H-pyrrole nitrogens is 1. The van der Waals surface area contributed by atoms with Gasteiger partial charge in [-0.15, -0.1) is 0 Å². The number of nitrogens with zero attached hydrogens (tertiary/aromatic N) is 4. The fourth-order valence-electron chi connectivity index (χ4n) is 1.91. The number of fused-ring (bicyclic) bond motifs is 2. The van der Waals surface area contributed by atoms with Gasteiger partial charge in [0.25, 0.3) is 0 Å². The Hall–Kier alpha value is -2.21. The zero-order valence-corrected chi connectivity index (χ0v) is 9.87. The van der Waals surface area contributed by atoms with Crippen LogP contribution in [-0.2, 0) is 13.0 Å². The monoisotopic (exact) mass is 242 g/mol. The molecule has 18 heavy (non-hydrogen) atoms.